The number of rotatable bonds is 13. The average molecular weight is 687 g/mol. The highest BCUT2D eigenvalue weighted by molar-refractivity contribution is 5.99. The summed E-state index contributed by atoms with van der Waals surface area (Å²) in [5.74, 6) is -1.19. The van der Waals surface area contributed by atoms with E-state index in [0.717, 1.165) is 16.7 Å². The summed E-state index contributed by atoms with van der Waals surface area (Å²) in [4.78, 5) is 47.3. The largest absolute Gasteiger partial charge is 0.491 e. The van der Waals surface area contributed by atoms with E-state index < -0.39 is 17.7 Å². The smallest absolute Gasteiger partial charge is 0.298 e. The van der Waals surface area contributed by atoms with Gasteiger partial charge in [0.15, 0.2) is 0 Å². The second-order valence-electron chi connectivity index (χ2n) is 12.6. The highest BCUT2D eigenvalue weighted by Gasteiger charge is 2.24. The number of carbonyl (C=O) groups excluding carboxylic acids is 3. The minimum atomic E-state index is -0.627. The van der Waals surface area contributed by atoms with Gasteiger partial charge in [-0.2, -0.15) is 10.1 Å². The van der Waals surface area contributed by atoms with Crippen molar-refractivity contribution in [2.24, 2.45) is 35.5 Å². The van der Waals surface area contributed by atoms with Crippen LogP contribution in [-0.4, -0.2) is 71.1 Å². The zero-order chi connectivity index (χ0) is 36.4. The van der Waals surface area contributed by atoms with Crippen molar-refractivity contribution in [3.05, 3.63) is 70.1 Å². The number of carbonyl (C=O) groups is 3. The molecule has 266 valence electrons. The molecule has 2 atom stereocenters. The average Bonchev–Trinajstić information content (AvgIpc) is 3.71. The first kappa shape index (κ1) is 35.9. The minimum absolute atomic E-state index is 0.0273. The Balaban J connectivity index is 1.64. The SMILES string of the molecule is CCn1nc(C)cc1C(=O)N=c1n(C)c2cc(C(N)=O)cc(OCCCO)c2n1C(C)CCC(C)n1c(=NC)n(C)c2cc(C(N)=O)ccc21. The summed E-state index contributed by atoms with van der Waals surface area (Å²) in [6, 6.07) is 10.1. The van der Waals surface area contributed by atoms with E-state index in [4.69, 9.17) is 16.2 Å². The Morgan fingerprint density at radius 1 is 0.900 bits per heavy atom. The fourth-order valence-electron chi connectivity index (χ4n) is 6.57. The van der Waals surface area contributed by atoms with Gasteiger partial charge in [0.2, 0.25) is 23.1 Å². The number of primary amides is 2. The second-order valence-corrected chi connectivity index (χ2v) is 12.6. The van der Waals surface area contributed by atoms with Gasteiger partial charge in [0.05, 0.1) is 28.9 Å². The van der Waals surface area contributed by atoms with Crippen LogP contribution in [-0.2, 0) is 20.6 Å². The Kier molecular flexibility index (Phi) is 10.5. The number of fused-ring (bicyclic) bond motifs is 2. The van der Waals surface area contributed by atoms with Gasteiger partial charge in [-0.1, -0.05) is 0 Å². The van der Waals surface area contributed by atoms with Gasteiger partial charge in [0, 0.05) is 63.9 Å². The molecule has 2 aromatic carbocycles. The highest BCUT2D eigenvalue weighted by Crippen LogP contribution is 2.32. The maximum atomic E-state index is 13.8. The molecule has 0 bridgehead atoms. The van der Waals surface area contributed by atoms with Crippen LogP contribution in [0.5, 0.6) is 5.75 Å². The number of nitrogens with two attached hydrogens (primary N) is 2. The predicted octanol–water partition coefficient (Wildman–Crippen LogP) is 2.63. The summed E-state index contributed by atoms with van der Waals surface area (Å²) in [5.41, 5.74) is 17.1. The molecule has 0 radical (unpaired) electrons. The van der Waals surface area contributed by atoms with Crippen molar-refractivity contribution in [3.8, 4) is 5.75 Å². The molecule has 5 aromatic rings. The van der Waals surface area contributed by atoms with Crippen LogP contribution >= 0.6 is 0 Å². The molecular formula is C35H46N10O5. The number of hydrogen-bond donors (Lipinski definition) is 3. The number of aliphatic hydroxyl groups is 1. The summed E-state index contributed by atoms with van der Waals surface area (Å²) >= 11 is 0. The van der Waals surface area contributed by atoms with Crippen molar-refractivity contribution in [2.45, 2.75) is 65.6 Å². The number of aryl methyl sites for hydroxylation is 4. The monoisotopic (exact) mass is 686 g/mol. The fourth-order valence-corrected chi connectivity index (χ4v) is 6.57. The Bertz CT molecular complexity index is 2250. The Morgan fingerprint density at radius 3 is 2.16 bits per heavy atom. The molecule has 0 fully saturated rings. The van der Waals surface area contributed by atoms with Crippen LogP contribution < -0.4 is 27.4 Å². The minimum Gasteiger partial charge on any atom is -0.491 e. The lowest BCUT2D eigenvalue weighted by atomic mass is 10.1. The molecule has 5 rings (SSSR count). The predicted molar refractivity (Wildman–Crippen MR) is 189 cm³/mol. The molecule has 3 amide bonds. The van der Waals surface area contributed by atoms with Crippen molar-refractivity contribution in [3.63, 3.8) is 0 Å². The summed E-state index contributed by atoms with van der Waals surface area (Å²) < 4.78 is 15.6. The molecule has 3 aromatic heterocycles. The van der Waals surface area contributed by atoms with E-state index in [1.807, 2.05) is 43.0 Å². The lowest BCUT2D eigenvalue weighted by Crippen LogP contribution is -2.30. The van der Waals surface area contributed by atoms with Gasteiger partial charge in [-0.15, -0.1) is 0 Å². The van der Waals surface area contributed by atoms with E-state index in [1.165, 1.54) is 0 Å². The van der Waals surface area contributed by atoms with Crippen LogP contribution in [0, 0.1) is 6.92 Å². The quantitative estimate of drug-likeness (QED) is 0.159. The Labute approximate surface area is 289 Å². The van der Waals surface area contributed by atoms with Gasteiger partial charge in [-0.05, 0) is 76.9 Å². The molecule has 0 aliphatic rings. The van der Waals surface area contributed by atoms with E-state index in [-0.39, 0.29) is 30.9 Å². The van der Waals surface area contributed by atoms with Crippen molar-refractivity contribution < 1.29 is 24.2 Å². The Morgan fingerprint density at radius 2 is 1.54 bits per heavy atom. The topological polar surface area (TPSA) is 195 Å². The maximum Gasteiger partial charge on any atom is 0.298 e. The molecule has 3 heterocycles. The number of benzene rings is 2. The van der Waals surface area contributed by atoms with E-state index >= 15 is 0 Å². The third kappa shape index (κ3) is 6.60. The molecule has 0 aliphatic heterocycles. The first-order valence-electron chi connectivity index (χ1n) is 16.7. The van der Waals surface area contributed by atoms with Crippen LogP contribution in [0.1, 0.15) is 89.0 Å². The third-order valence-corrected chi connectivity index (χ3v) is 9.12. The normalized spacial score (nSPS) is 13.8. The van der Waals surface area contributed by atoms with Crippen LogP contribution in [0.4, 0.5) is 0 Å². The number of aliphatic hydroxyl groups excluding tert-OH is 1. The van der Waals surface area contributed by atoms with Crippen LogP contribution in [0.3, 0.4) is 0 Å². The molecule has 0 saturated heterocycles. The van der Waals surface area contributed by atoms with Gasteiger partial charge < -0.3 is 39.6 Å². The van der Waals surface area contributed by atoms with Gasteiger partial charge in [0.25, 0.3) is 5.91 Å². The molecule has 5 N–H and O–H groups in total. The van der Waals surface area contributed by atoms with E-state index in [2.05, 4.69) is 26.6 Å². The van der Waals surface area contributed by atoms with Gasteiger partial charge in [-0.25, -0.2) is 0 Å². The molecule has 0 spiro atoms. The number of nitrogens with zero attached hydrogens (tertiary/aromatic N) is 8. The van der Waals surface area contributed by atoms with Gasteiger partial charge >= 0.3 is 0 Å². The zero-order valence-electron chi connectivity index (χ0n) is 29.7. The van der Waals surface area contributed by atoms with Crippen molar-refractivity contribution in [1.29, 1.82) is 0 Å². The van der Waals surface area contributed by atoms with Gasteiger partial charge in [0.1, 0.15) is 17.0 Å². The summed E-state index contributed by atoms with van der Waals surface area (Å²) in [7, 11) is 5.42. The fraction of sp³-hybridized carbons (Fsp3) is 0.429. The number of amides is 3. The zero-order valence-corrected chi connectivity index (χ0v) is 29.7. The van der Waals surface area contributed by atoms with E-state index in [0.29, 0.717) is 65.2 Å². The van der Waals surface area contributed by atoms with Crippen molar-refractivity contribution in [2.75, 3.05) is 20.3 Å². The third-order valence-electron chi connectivity index (χ3n) is 9.12. The standard InChI is InChI=1S/C35H46N10O5/c1-8-43-28(16-20(2)40-43)33(49)39-35-42(7)27-18-24(32(37)48)19-29(50-15-9-14-46)30(27)45(35)22(4)11-10-21(3)44-25-13-12-23(31(36)47)17-26(25)41(6)34(44)38-5/h12-13,16-19,21-22,46H,8-11,14-15H2,1-7H3,(H2,36,47)(H2,37,48). The number of imidazole rings is 2. The highest BCUT2D eigenvalue weighted by atomic mass is 16.5. The maximum absolute atomic E-state index is 13.8. The van der Waals surface area contributed by atoms with E-state index in [9.17, 15) is 19.5 Å². The van der Waals surface area contributed by atoms with Crippen molar-refractivity contribution in [1.82, 2.24) is 28.0 Å². The van der Waals surface area contributed by atoms with Gasteiger partial charge in [-0.3, -0.25) is 24.1 Å². The Hall–Kier alpha value is -5.44. The van der Waals surface area contributed by atoms with Crippen LogP contribution in [0.2, 0.25) is 0 Å². The molecule has 15 heteroatoms. The molecule has 0 saturated carbocycles. The number of hydrogen-bond acceptors (Lipinski definition) is 7. The summed E-state index contributed by atoms with van der Waals surface area (Å²) in [6.07, 6.45) is 1.73. The molecular weight excluding hydrogens is 640 g/mol. The number of ether oxygens (including phenoxy) is 1. The first-order valence-corrected chi connectivity index (χ1v) is 16.7. The van der Waals surface area contributed by atoms with E-state index in [1.54, 1.807) is 53.7 Å². The van der Waals surface area contributed by atoms with Crippen LogP contribution in [0.15, 0.2) is 46.4 Å². The molecule has 50 heavy (non-hydrogen) atoms. The summed E-state index contributed by atoms with van der Waals surface area (Å²) in [5, 5.41) is 13.9. The number of aromatic nitrogens is 6. The van der Waals surface area contributed by atoms with Crippen molar-refractivity contribution >= 4 is 39.8 Å². The molecule has 15 nitrogen and oxygen atoms in total. The summed E-state index contributed by atoms with van der Waals surface area (Å²) in [6.45, 7) is 8.53. The van der Waals surface area contributed by atoms with Crippen LogP contribution in [0.25, 0.3) is 22.1 Å². The first-order chi connectivity index (χ1) is 23.8. The lowest BCUT2D eigenvalue weighted by molar-refractivity contribution is 0.0980. The molecule has 0 aliphatic carbocycles. The second kappa shape index (κ2) is 14.6. The molecule has 2 unspecified atom stereocenters. The lowest BCUT2D eigenvalue weighted by Gasteiger charge is -2.21.